The van der Waals surface area contributed by atoms with E-state index in [-0.39, 0.29) is 59.6 Å². The number of halogens is 3. The van der Waals surface area contributed by atoms with Gasteiger partial charge in [-0.2, -0.15) is 0 Å². The van der Waals surface area contributed by atoms with Crippen molar-refractivity contribution in [1.82, 2.24) is 19.8 Å². The summed E-state index contributed by atoms with van der Waals surface area (Å²) in [4.78, 5) is 32.1. The molecule has 1 aliphatic heterocycles. The van der Waals surface area contributed by atoms with Gasteiger partial charge in [-0.3, -0.25) is 19.8 Å². The molecule has 2 aliphatic carbocycles. The second kappa shape index (κ2) is 14.9. The number of rotatable bonds is 13. The van der Waals surface area contributed by atoms with Gasteiger partial charge in [-0.15, -0.1) is 0 Å². The van der Waals surface area contributed by atoms with Gasteiger partial charge in [0.2, 0.25) is 0 Å². The largest absolute Gasteiger partial charge is 0.493 e. The zero-order valence-electron chi connectivity index (χ0n) is 29.8. The van der Waals surface area contributed by atoms with E-state index in [2.05, 4.69) is 20.5 Å². The molecule has 14 heteroatoms. The van der Waals surface area contributed by atoms with Gasteiger partial charge in [0.25, 0.3) is 5.91 Å². The predicted molar refractivity (Wildman–Crippen MR) is 199 cm³/mol. The molecule has 53 heavy (non-hydrogen) atoms. The number of aliphatic carboxylic acids is 1. The lowest BCUT2D eigenvalue weighted by molar-refractivity contribution is -0.140. The van der Waals surface area contributed by atoms with Gasteiger partial charge in [0.1, 0.15) is 28.2 Å². The number of aliphatic hydroxyl groups is 1. The number of carboxylic acids is 1. The SMILES string of the molecule is CCOc1cc(OC2CCc3c(-c4cccc(NC(=O)c5nc6c(n5C)CCN(C(C)CO)C6)c4Cl)cccc32)c(Cl)c(F)c1CNC1(C(=O)O)CC1. The summed E-state index contributed by atoms with van der Waals surface area (Å²) >= 11 is 13.6. The van der Waals surface area contributed by atoms with Gasteiger partial charge >= 0.3 is 5.97 Å². The molecule has 3 aliphatic rings. The van der Waals surface area contributed by atoms with Crippen LogP contribution in [0.1, 0.15) is 77.9 Å². The summed E-state index contributed by atoms with van der Waals surface area (Å²) in [7, 11) is 1.84. The van der Waals surface area contributed by atoms with E-state index in [4.69, 9.17) is 32.7 Å². The van der Waals surface area contributed by atoms with Crippen molar-refractivity contribution in [2.75, 3.05) is 25.1 Å². The number of benzene rings is 3. The Morgan fingerprint density at radius 3 is 2.58 bits per heavy atom. The summed E-state index contributed by atoms with van der Waals surface area (Å²) in [6.45, 7) is 5.34. The van der Waals surface area contributed by atoms with Gasteiger partial charge < -0.3 is 29.6 Å². The molecule has 0 spiro atoms. The fourth-order valence-electron chi connectivity index (χ4n) is 7.40. The van der Waals surface area contributed by atoms with Gasteiger partial charge in [0.15, 0.2) is 11.6 Å². The number of ether oxygens (including phenoxy) is 2. The Bertz CT molecular complexity index is 2090. The third-order valence-corrected chi connectivity index (χ3v) is 11.5. The van der Waals surface area contributed by atoms with Gasteiger partial charge in [0, 0.05) is 62.0 Å². The Labute approximate surface area is 317 Å². The standard InChI is InChI=1S/C39H42Cl2FN5O6/c1-4-52-31-17-32(34(41)35(42)26(31)18-43-39(14-15-39)38(50)51)53-30-12-11-23-22(7-5-8-24(23)30)25-9-6-10-27(33(25)40)45-37(49)36-44-28-19-47(21(2)20-48)16-13-29(28)46(36)3/h5-10,17,21,30,43,48H,4,11-16,18-20H2,1-3H3,(H,45,49)(H,50,51). The van der Waals surface area contributed by atoms with Crippen LogP contribution in [-0.2, 0) is 37.8 Å². The molecule has 4 N–H and O–H groups in total. The molecule has 1 aromatic heterocycles. The molecular weight excluding hydrogens is 724 g/mol. The van der Waals surface area contributed by atoms with Crippen LogP contribution in [0, 0.1) is 5.82 Å². The molecule has 4 aromatic rings. The lowest BCUT2D eigenvalue weighted by atomic mass is 9.96. The van der Waals surface area contributed by atoms with Crippen LogP contribution in [0.15, 0.2) is 42.5 Å². The quantitative estimate of drug-likeness (QED) is 0.117. The first-order chi connectivity index (χ1) is 25.5. The summed E-state index contributed by atoms with van der Waals surface area (Å²) in [6, 6.07) is 12.9. The minimum absolute atomic E-state index is 0.00148. The van der Waals surface area contributed by atoms with Crippen LogP contribution in [0.4, 0.5) is 10.1 Å². The van der Waals surface area contributed by atoms with Crippen molar-refractivity contribution in [2.45, 2.75) is 76.7 Å². The molecule has 2 atom stereocenters. The van der Waals surface area contributed by atoms with Crippen molar-refractivity contribution >= 4 is 40.8 Å². The fourth-order valence-corrected chi connectivity index (χ4v) is 7.89. The van der Waals surface area contributed by atoms with Crippen LogP contribution in [0.25, 0.3) is 11.1 Å². The molecule has 0 bridgehead atoms. The molecular formula is C39H42Cl2FN5O6. The van der Waals surface area contributed by atoms with Crippen LogP contribution in [0.5, 0.6) is 11.5 Å². The van der Waals surface area contributed by atoms with Crippen LogP contribution in [-0.4, -0.2) is 67.9 Å². The number of nitrogens with one attached hydrogen (secondary N) is 2. The number of nitrogens with zero attached hydrogens (tertiary/aromatic N) is 3. The third-order valence-electron chi connectivity index (χ3n) is 10.7. The van der Waals surface area contributed by atoms with E-state index >= 15 is 4.39 Å². The van der Waals surface area contributed by atoms with E-state index in [0.717, 1.165) is 46.6 Å². The summed E-state index contributed by atoms with van der Waals surface area (Å²) in [5.41, 5.74) is 4.93. The molecule has 11 nitrogen and oxygen atoms in total. The highest BCUT2D eigenvalue weighted by molar-refractivity contribution is 6.36. The maximum atomic E-state index is 15.8. The zero-order chi connectivity index (χ0) is 37.6. The molecule has 280 valence electrons. The number of fused-ring (bicyclic) bond motifs is 2. The van der Waals surface area contributed by atoms with Crippen LogP contribution in [0.3, 0.4) is 0 Å². The smallest absolute Gasteiger partial charge is 0.323 e. The molecule has 2 heterocycles. The molecule has 1 fully saturated rings. The molecule has 1 saturated carbocycles. The molecule has 1 amide bonds. The molecule has 3 aromatic carbocycles. The zero-order valence-corrected chi connectivity index (χ0v) is 31.3. The Hall–Kier alpha value is -4.20. The van der Waals surface area contributed by atoms with Crippen LogP contribution in [0.2, 0.25) is 10.0 Å². The number of hydrogen-bond acceptors (Lipinski definition) is 8. The maximum absolute atomic E-state index is 15.8. The monoisotopic (exact) mass is 765 g/mol. The van der Waals surface area contributed by atoms with Crippen molar-refractivity contribution in [3.05, 3.63) is 92.2 Å². The maximum Gasteiger partial charge on any atom is 0.323 e. The lowest BCUT2D eigenvalue weighted by Gasteiger charge is -2.30. The molecule has 0 radical (unpaired) electrons. The summed E-state index contributed by atoms with van der Waals surface area (Å²) < 4.78 is 29.8. The average Bonchev–Trinajstić information content (AvgIpc) is 3.74. The van der Waals surface area contributed by atoms with Gasteiger partial charge in [-0.25, -0.2) is 9.37 Å². The first kappa shape index (κ1) is 37.1. The number of imidazole rings is 1. The van der Waals surface area contributed by atoms with Gasteiger partial charge in [-0.1, -0.05) is 53.5 Å². The number of carbonyl (C=O) groups excluding carboxylic acids is 1. The van der Waals surface area contributed by atoms with Crippen molar-refractivity contribution in [3.8, 4) is 22.6 Å². The van der Waals surface area contributed by atoms with E-state index in [1.54, 1.807) is 19.1 Å². The molecule has 0 saturated heterocycles. The normalized spacial score (nSPS) is 17.9. The van der Waals surface area contributed by atoms with Crippen molar-refractivity contribution < 1.29 is 33.7 Å². The van der Waals surface area contributed by atoms with Gasteiger partial charge in [-0.05, 0) is 62.3 Å². The van der Waals surface area contributed by atoms with Crippen molar-refractivity contribution in [2.24, 2.45) is 7.05 Å². The van der Waals surface area contributed by atoms with E-state index < -0.39 is 23.4 Å². The second-order valence-corrected chi connectivity index (χ2v) is 14.7. The number of anilines is 1. The summed E-state index contributed by atoms with van der Waals surface area (Å²) in [6.07, 6.45) is 2.48. The Balaban J connectivity index is 1.11. The minimum atomic E-state index is -1.06. The number of carboxylic acid groups (broad SMARTS) is 1. The highest BCUT2D eigenvalue weighted by atomic mass is 35.5. The number of aliphatic hydroxyl groups excluding tert-OH is 1. The fraction of sp³-hybridized carbons (Fsp3) is 0.410. The topological polar surface area (TPSA) is 138 Å². The Kier molecular flexibility index (Phi) is 10.4. The highest BCUT2D eigenvalue weighted by Crippen LogP contribution is 2.46. The number of aromatic nitrogens is 2. The van der Waals surface area contributed by atoms with Crippen LogP contribution >= 0.6 is 23.2 Å². The first-order valence-electron chi connectivity index (χ1n) is 17.9. The van der Waals surface area contributed by atoms with E-state index in [1.165, 1.54) is 0 Å². The summed E-state index contributed by atoms with van der Waals surface area (Å²) in [5.74, 6) is -1.41. The predicted octanol–water partition coefficient (Wildman–Crippen LogP) is 6.70. The van der Waals surface area contributed by atoms with E-state index in [9.17, 15) is 19.8 Å². The van der Waals surface area contributed by atoms with Crippen molar-refractivity contribution in [3.63, 3.8) is 0 Å². The minimum Gasteiger partial charge on any atom is -0.493 e. The highest BCUT2D eigenvalue weighted by Gasteiger charge is 2.50. The Morgan fingerprint density at radius 1 is 1.11 bits per heavy atom. The number of amides is 1. The van der Waals surface area contributed by atoms with Crippen molar-refractivity contribution in [1.29, 1.82) is 0 Å². The summed E-state index contributed by atoms with van der Waals surface area (Å²) in [5, 5.41) is 25.3. The number of hydrogen-bond donors (Lipinski definition) is 4. The van der Waals surface area contributed by atoms with Gasteiger partial charge in [0.05, 0.1) is 29.6 Å². The number of carbonyl (C=O) groups is 2. The first-order valence-corrected chi connectivity index (χ1v) is 18.6. The average molecular weight is 767 g/mol. The lowest BCUT2D eigenvalue weighted by Crippen LogP contribution is -2.39. The third kappa shape index (κ3) is 6.99. The second-order valence-electron chi connectivity index (χ2n) is 13.9. The van der Waals surface area contributed by atoms with Crippen LogP contribution < -0.4 is 20.1 Å². The Morgan fingerprint density at radius 2 is 1.87 bits per heavy atom. The van der Waals surface area contributed by atoms with E-state index in [0.29, 0.717) is 42.9 Å². The molecule has 2 unspecified atom stereocenters. The van der Waals surface area contributed by atoms with E-state index in [1.807, 2.05) is 48.9 Å². The molecule has 7 rings (SSSR count).